The molecule has 1 spiro atoms. The van der Waals surface area contributed by atoms with Gasteiger partial charge in [-0.05, 0) is 32.1 Å². The number of likely N-dealkylation sites (tertiary alicyclic amines) is 1. The molecule has 2 fully saturated rings. The van der Waals surface area contributed by atoms with E-state index < -0.39 is 0 Å². The van der Waals surface area contributed by atoms with Gasteiger partial charge >= 0.3 is 0 Å². The van der Waals surface area contributed by atoms with Crippen LogP contribution in [0.25, 0.3) is 11.4 Å². The summed E-state index contributed by atoms with van der Waals surface area (Å²) in [6.45, 7) is 1.55. The molecule has 1 unspecified atom stereocenters. The Morgan fingerprint density at radius 2 is 2.08 bits per heavy atom. The summed E-state index contributed by atoms with van der Waals surface area (Å²) in [6.07, 6.45) is 4.96. The van der Waals surface area contributed by atoms with Crippen molar-refractivity contribution in [1.82, 2.24) is 14.9 Å². The molecule has 126 valence electrons. The summed E-state index contributed by atoms with van der Waals surface area (Å²) in [5, 5.41) is 10.0. The van der Waals surface area contributed by atoms with Crippen LogP contribution in [-0.4, -0.2) is 38.2 Å². The number of nitrogens with zero attached hydrogens (tertiary/aromatic N) is 2. The lowest BCUT2D eigenvalue weighted by atomic mass is 9.69. The lowest BCUT2D eigenvalue weighted by Gasteiger charge is -2.54. The first kappa shape index (κ1) is 15.5. The van der Waals surface area contributed by atoms with Crippen molar-refractivity contribution >= 4 is 0 Å². The number of hydrogen-bond donors (Lipinski definition) is 2. The Morgan fingerprint density at radius 1 is 1.29 bits per heavy atom. The zero-order chi connectivity index (χ0) is 16.6. The van der Waals surface area contributed by atoms with E-state index in [0.29, 0.717) is 12.4 Å². The monoisotopic (exact) mass is 325 g/mol. The highest BCUT2D eigenvalue weighted by molar-refractivity contribution is 5.54. The van der Waals surface area contributed by atoms with Gasteiger partial charge in [0.05, 0.1) is 11.8 Å². The van der Waals surface area contributed by atoms with Crippen molar-refractivity contribution in [3.8, 4) is 11.4 Å². The van der Waals surface area contributed by atoms with E-state index >= 15 is 0 Å². The molecule has 0 amide bonds. The third kappa shape index (κ3) is 2.89. The summed E-state index contributed by atoms with van der Waals surface area (Å²) in [6, 6.07) is 11.3. The van der Waals surface area contributed by atoms with Gasteiger partial charge in [-0.3, -0.25) is 9.69 Å². The first-order chi connectivity index (χ1) is 11.6. The Morgan fingerprint density at radius 3 is 2.79 bits per heavy atom. The number of hydrogen-bond acceptors (Lipinski definition) is 4. The van der Waals surface area contributed by atoms with E-state index in [-0.39, 0.29) is 17.2 Å². The van der Waals surface area contributed by atoms with Crippen molar-refractivity contribution in [2.45, 2.75) is 50.3 Å². The highest BCUT2D eigenvalue weighted by Gasteiger charge is 2.46. The van der Waals surface area contributed by atoms with E-state index in [1.54, 1.807) is 6.07 Å². The van der Waals surface area contributed by atoms with Crippen molar-refractivity contribution in [2.24, 2.45) is 0 Å². The summed E-state index contributed by atoms with van der Waals surface area (Å²) in [5.74, 6) is 0.623. The fourth-order valence-electron chi connectivity index (χ4n) is 4.08. The molecular weight excluding hydrogens is 302 g/mol. The summed E-state index contributed by atoms with van der Waals surface area (Å²) in [4.78, 5) is 22.0. The van der Waals surface area contributed by atoms with Crippen LogP contribution < -0.4 is 5.56 Å². The number of H-pyrrole nitrogens is 1. The number of benzene rings is 1. The molecule has 0 radical (unpaired) electrons. The summed E-state index contributed by atoms with van der Waals surface area (Å²) in [5.41, 5.74) is 1.73. The molecule has 1 aliphatic heterocycles. The molecule has 5 nitrogen and oxygen atoms in total. The van der Waals surface area contributed by atoms with E-state index in [4.69, 9.17) is 0 Å². The van der Waals surface area contributed by atoms with E-state index in [1.165, 1.54) is 6.42 Å². The molecule has 1 saturated carbocycles. The van der Waals surface area contributed by atoms with Crippen LogP contribution in [-0.2, 0) is 6.54 Å². The van der Waals surface area contributed by atoms with Crippen LogP contribution >= 0.6 is 0 Å². The second kappa shape index (κ2) is 6.15. The first-order valence-electron chi connectivity index (χ1n) is 8.73. The van der Waals surface area contributed by atoms with E-state index in [1.807, 2.05) is 30.3 Å². The summed E-state index contributed by atoms with van der Waals surface area (Å²) >= 11 is 0. The number of aromatic amines is 1. The lowest BCUT2D eigenvalue weighted by Crippen LogP contribution is -2.58. The van der Waals surface area contributed by atoms with Gasteiger partial charge in [-0.2, -0.15) is 0 Å². The fraction of sp³-hybridized carbons (Fsp3) is 0.474. The number of nitrogens with one attached hydrogen (secondary N) is 1. The number of rotatable bonds is 3. The van der Waals surface area contributed by atoms with Crippen LogP contribution in [0.4, 0.5) is 0 Å². The van der Waals surface area contributed by atoms with Gasteiger partial charge in [0, 0.05) is 30.3 Å². The molecule has 1 aliphatic carbocycles. The van der Waals surface area contributed by atoms with Crippen LogP contribution in [0.3, 0.4) is 0 Å². The maximum absolute atomic E-state index is 12.1. The number of piperidine rings is 1. The molecule has 24 heavy (non-hydrogen) atoms. The third-order valence-electron chi connectivity index (χ3n) is 5.50. The highest BCUT2D eigenvalue weighted by Crippen LogP contribution is 2.44. The van der Waals surface area contributed by atoms with Crippen molar-refractivity contribution in [2.75, 3.05) is 6.54 Å². The Labute approximate surface area is 141 Å². The average Bonchev–Trinajstić information content (AvgIpc) is 2.55. The molecule has 2 aromatic rings. The topological polar surface area (TPSA) is 69.2 Å². The van der Waals surface area contributed by atoms with Crippen molar-refractivity contribution < 1.29 is 5.11 Å². The molecular formula is C19H23N3O2. The SMILES string of the molecule is O=c1cc(CN2CCC(O)CC23CCC3)nc(-c2ccccc2)[nH]1. The van der Waals surface area contributed by atoms with Gasteiger partial charge in [0.25, 0.3) is 5.56 Å². The highest BCUT2D eigenvalue weighted by atomic mass is 16.3. The maximum Gasteiger partial charge on any atom is 0.251 e. The van der Waals surface area contributed by atoms with E-state index in [9.17, 15) is 9.90 Å². The normalized spacial score (nSPS) is 23.1. The van der Waals surface area contributed by atoms with Crippen molar-refractivity contribution in [1.29, 1.82) is 0 Å². The summed E-state index contributed by atoms with van der Waals surface area (Å²) in [7, 11) is 0. The molecule has 5 heteroatoms. The fourth-order valence-corrected chi connectivity index (χ4v) is 4.08. The van der Waals surface area contributed by atoms with E-state index in [0.717, 1.165) is 43.5 Å². The van der Waals surface area contributed by atoms with Crippen LogP contribution in [0, 0.1) is 0 Å². The maximum atomic E-state index is 12.1. The molecule has 2 aliphatic rings. The van der Waals surface area contributed by atoms with Gasteiger partial charge in [-0.1, -0.05) is 30.3 Å². The van der Waals surface area contributed by atoms with Crippen molar-refractivity contribution in [3.05, 3.63) is 52.4 Å². The summed E-state index contributed by atoms with van der Waals surface area (Å²) < 4.78 is 0. The molecule has 1 aromatic carbocycles. The number of aliphatic hydroxyl groups excluding tert-OH is 1. The lowest BCUT2D eigenvalue weighted by molar-refractivity contribution is -0.0707. The van der Waals surface area contributed by atoms with Gasteiger partial charge in [0.15, 0.2) is 0 Å². The van der Waals surface area contributed by atoms with Gasteiger partial charge in [-0.15, -0.1) is 0 Å². The molecule has 1 atom stereocenters. The number of aliphatic hydroxyl groups is 1. The molecule has 2 heterocycles. The van der Waals surface area contributed by atoms with Crippen LogP contribution in [0.5, 0.6) is 0 Å². The number of aromatic nitrogens is 2. The van der Waals surface area contributed by atoms with Crippen LogP contribution in [0.15, 0.2) is 41.2 Å². The zero-order valence-corrected chi connectivity index (χ0v) is 13.7. The second-order valence-electron chi connectivity index (χ2n) is 7.10. The predicted octanol–water partition coefficient (Wildman–Crippen LogP) is 2.32. The molecule has 0 bridgehead atoms. The molecule has 4 rings (SSSR count). The standard InChI is InChI=1S/C19H23N3O2/c23-16-7-10-22(19(12-16)8-4-9-19)13-15-11-17(24)21-18(20-15)14-5-2-1-3-6-14/h1-3,5-6,11,16,23H,4,7-10,12-13H2,(H,20,21,24). The van der Waals surface area contributed by atoms with Gasteiger partial charge in [0.1, 0.15) is 5.82 Å². The Bertz CT molecular complexity index is 768. The molecule has 1 aromatic heterocycles. The first-order valence-corrected chi connectivity index (χ1v) is 8.73. The Balaban J connectivity index is 1.61. The van der Waals surface area contributed by atoms with E-state index in [2.05, 4.69) is 14.9 Å². The predicted molar refractivity (Wildman–Crippen MR) is 92.5 cm³/mol. The third-order valence-corrected chi connectivity index (χ3v) is 5.50. The Kier molecular flexibility index (Phi) is 3.98. The largest absolute Gasteiger partial charge is 0.393 e. The van der Waals surface area contributed by atoms with Crippen LogP contribution in [0.2, 0.25) is 0 Å². The van der Waals surface area contributed by atoms with Gasteiger partial charge < -0.3 is 10.1 Å². The Hall–Kier alpha value is -1.98. The molecule has 1 saturated heterocycles. The zero-order valence-electron chi connectivity index (χ0n) is 13.7. The minimum absolute atomic E-state index is 0.112. The quantitative estimate of drug-likeness (QED) is 0.909. The van der Waals surface area contributed by atoms with Gasteiger partial charge in [0.2, 0.25) is 0 Å². The van der Waals surface area contributed by atoms with Gasteiger partial charge in [-0.25, -0.2) is 4.98 Å². The average molecular weight is 325 g/mol. The minimum Gasteiger partial charge on any atom is -0.393 e. The van der Waals surface area contributed by atoms with Crippen molar-refractivity contribution in [3.63, 3.8) is 0 Å². The minimum atomic E-state index is -0.187. The molecule has 2 N–H and O–H groups in total. The van der Waals surface area contributed by atoms with Crippen LogP contribution in [0.1, 0.15) is 37.8 Å². The second-order valence-corrected chi connectivity index (χ2v) is 7.10. The smallest absolute Gasteiger partial charge is 0.251 e.